The lowest BCUT2D eigenvalue weighted by Crippen LogP contribution is -2.37. The molecule has 1 fully saturated rings. The molecule has 1 aliphatic heterocycles. The van der Waals surface area contributed by atoms with Gasteiger partial charge < -0.3 is 15.1 Å². The lowest BCUT2D eigenvalue weighted by atomic mass is 10.1. The number of benzene rings is 1. The van der Waals surface area contributed by atoms with Gasteiger partial charge in [0.05, 0.1) is 0 Å². The summed E-state index contributed by atoms with van der Waals surface area (Å²) in [5.41, 5.74) is 1.63. The van der Waals surface area contributed by atoms with Crippen LogP contribution in [0.15, 0.2) is 27.1 Å². The highest BCUT2D eigenvalue weighted by atomic mass is 79.9. The third-order valence-corrected chi connectivity index (χ3v) is 4.27. The summed E-state index contributed by atoms with van der Waals surface area (Å²) in [5, 5.41) is 7.29. The fourth-order valence-electron chi connectivity index (χ4n) is 2.64. The normalized spacial score (nSPS) is 17.7. The van der Waals surface area contributed by atoms with Crippen LogP contribution in [0.3, 0.4) is 0 Å². The largest absolute Gasteiger partial charge is 0.451 e. The zero-order valence-electron chi connectivity index (χ0n) is 11.7. The first-order valence-corrected chi connectivity index (χ1v) is 7.64. The Labute approximate surface area is 138 Å². The third kappa shape index (κ3) is 3.42. The van der Waals surface area contributed by atoms with Crippen LogP contribution in [0.4, 0.5) is 0 Å². The van der Waals surface area contributed by atoms with Crippen LogP contribution in [0, 0.1) is 6.92 Å². The number of fused-ring (bicyclic) bond motifs is 1. The zero-order valence-corrected chi connectivity index (χ0v) is 14.1. The van der Waals surface area contributed by atoms with Gasteiger partial charge in [0.15, 0.2) is 5.76 Å². The molecule has 1 saturated heterocycles. The summed E-state index contributed by atoms with van der Waals surface area (Å²) in [6.45, 7) is 3.61. The summed E-state index contributed by atoms with van der Waals surface area (Å²) in [4.78, 5) is 12.2. The fraction of sp³-hybridized carbons (Fsp3) is 0.400. The molecule has 0 bridgehead atoms. The van der Waals surface area contributed by atoms with E-state index in [0.717, 1.165) is 34.0 Å². The van der Waals surface area contributed by atoms with Crippen LogP contribution in [0.1, 0.15) is 29.0 Å². The number of carbonyl (C=O) groups is 1. The second-order valence-electron chi connectivity index (χ2n) is 5.20. The number of carbonyl (C=O) groups excluding carboxylic acids is 1. The average molecular weight is 374 g/mol. The Morgan fingerprint density at radius 2 is 2.33 bits per heavy atom. The Balaban J connectivity index is 0.00000161. The van der Waals surface area contributed by atoms with Gasteiger partial charge >= 0.3 is 0 Å². The number of amides is 1. The zero-order chi connectivity index (χ0) is 14.1. The highest BCUT2D eigenvalue weighted by Crippen LogP contribution is 2.27. The Hall–Kier alpha value is -1.04. The molecule has 3 rings (SSSR count). The fourth-order valence-corrected chi connectivity index (χ4v) is 3.00. The van der Waals surface area contributed by atoms with E-state index in [1.54, 1.807) is 0 Å². The van der Waals surface area contributed by atoms with E-state index in [2.05, 4.69) is 26.6 Å². The van der Waals surface area contributed by atoms with Crippen LogP contribution in [0.2, 0.25) is 0 Å². The van der Waals surface area contributed by atoms with Crippen molar-refractivity contribution in [2.24, 2.45) is 0 Å². The van der Waals surface area contributed by atoms with E-state index >= 15 is 0 Å². The van der Waals surface area contributed by atoms with Crippen LogP contribution in [-0.2, 0) is 0 Å². The van der Waals surface area contributed by atoms with E-state index in [-0.39, 0.29) is 18.3 Å². The van der Waals surface area contributed by atoms with Gasteiger partial charge in [0.1, 0.15) is 5.58 Å². The van der Waals surface area contributed by atoms with Gasteiger partial charge in [-0.25, -0.2) is 0 Å². The van der Waals surface area contributed by atoms with Gasteiger partial charge in [0.2, 0.25) is 0 Å². The molecular weight excluding hydrogens is 356 g/mol. The minimum atomic E-state index is -0.136. The van der Waals surface area contributed by atoms with Crippen molar-refractivity contribution in [1.29, 1.82) is 0 Å². The first-order chi connectivity index (χ1) is 9.65. The second-order valence-corrected chi connectivity index (χ2v) is 6.12. The maximum atomic E-state index is 12.2. The lowest BCUT2D eigenvalue weighted by molar-refractivity contribution is 0.0924. The van der Waals surface area contributed by atoms with Crippen molar-refractivity contribution in [2.75, 3.05) is 13.1 Å². The highest BCUT2D eigenvalue weighted by molar-refractivity contribution is 9.10. The molecule has 6 heteroatoms. The van der Waals surface area contributed by atoms with Crippen LogP contribution in [-0.4, -0.2) is 25.0 Å². The minimum absolute atomic E-state index is 0. The Kier molecular flexibility index (Phi) is 5.30. The van der Waals surface area contributed by atoms with E-state index in [1.807, 2.05) is 25.1 Å². The van der Waals surface area contributed by atoms with E-state index < -0.39 is 0 Å². The molecular formula is C15H18BrClN2O2. The number of hydrogen-bond donors (Lipinski definition) is 2. The molecule has 1 aliphatic rings. The molecule has 0 radical (unpaired) electrons. The molecule has 2 N–H and O–H groups in total. The molecule has 1 aromatic carbocycles. The molecule has 21 heavy (non-hydrogen) atoms. The van der Waals surface area contributed by atoms with E-state index in [1.165, 1.54) is 6.42 Å². The van der Waals surface area contributed by atoms with Crippen molar-refractivity contribution in [2.45, 2.75) is 25.8 Å². The van der Waals surface area contributed by atoms with Gasteiger partial charge in [-0.15, -0.1) is 12.4 Å². The van der Waals surface area contributed by atoms with Crippen molar-refractivity contribution in [3.63, 3.8) is 0 Å². The van der Waals surface area contributed by atoms with Gasteiger partial charge in [-0.1, -0.05) is 15.9 Å². The first kappa shape index (κ1) is 16.3. The molecule has 114 valence electrons. The molecule has 0 spiro atoms. The maximum Gasteiger partial charge on any atom is 0.287 e. The molecule has 2 aromatic rings. The number of hydrogen-bond acceptors (Lipinski definition) is 3. The molecule has 1 atom stereocenters. The van der Waals surface area contributed by atoms with Gasteiger partial charge in [0, 0.05) is 28.0 Å². The predicted octanol–water partition coefficient (Wildman–Crippen LogP) is 3.41. The summed E-state index contributed by atoms with van der Waals surface area (Å²) in [6.07, 6.45) is 2.30. The van der Waals surface area contributed by atoms with Crippen molar-refractivity contribution in [3.8, 4) is 0 Å². The Morgan fingerprint density at radius 3 is 3.05 bits per heavy atom. The van der Waals surface area contributed by atoms with Gasteiger partial charge in [-0.3, -0.25) is 4.79 Å². The molecule has 1 unspecified atom stereocenters. The lowest BCUT2D eigenvalue weighted by Gasteiger charge is -2.10. The SMILES string of the molecule is Cc1c(C(=O)NCC2CCCN2)oc2ccc(Br)cc12.Cl. The number of nitrogens with one attached hydrogen (secondary N) is 2. The molecule has 2 heterocycles. The van der Waals surface area contributed by atoms with Crippen molar-refractivity contribution < 1.29 is 9.21 Å². The second kappa shape index (κ2) is 6.81. The van der Waals surface area contributed by atoms with E-state index in [9.17, 15) is 4.79 Å². The van der Waals surface area contributed by atoms with E-state index in [0.29, 0.717) is 18.3 Å². The predicted molar refractivity (Wildman–Crippen MR) is 89.3 cm³/mol. The van der Waals surface area contributed by atoms with Crippen LogP contribution in [0.5, 0.6) is 0 Å². The molecule has 0 saturated carbocycles. The molecule has 1 aromatic heterocycles. The maximum absolute atomic E-state index is 12.2. The summed E-state index contributed by atoms with van der Waals surface area (Å²) < 4.78 is 6.66. The smallest absolute Gasteiger partial charge is 0.287 e. The quantitative estimate of drug-likeness (QED) is 0.867. The van der Waals surface area contributed by atoms with Crippen LogP contribution < -0.4 is 10.6 Å². The highest BCUT2D eigenvalue weighted by Gasteiger charge is 2.20. The monoisotopic (exact) mass is 372 g/mol. The summed E-state index contributed by atoms with van der Waals surface area (Å²) in [5.74, 6) is 0.277. The number of aryl methyl sites for hydroxylation is 1. The van der Waals surface area contributed by atoms with Crippen LogP contribution in [0.25, 0.3) is 11.0 Å². The molecule has 1 amide bonds. The number of halogens is 2. The van der Waals surface area contributed by atoms with Crippen LogP contribution >= 0.6 is 28.3 Å². The van der Waals surface area contributed by atoms with Gasteiger partial charge in [-0.05, 0) is 44.5 Å². The Bertz CT molecular complexity index is 650. The minimum Gasteiger partial charge on any atom is -0.451 e. The Morgan fingerprint density at radius 1 is 1.52 bits per heavy atom. The van der Waals surface area contributed by atoms with Gasteiger partial charge in [-0.2, -0.15) is 0 Å². The summed E-state index contributed by atoms with van der Waals surface area (Å²) in [6, 6.07) is 6.15. The standard InChI is InChI=1S/C15H17BrN2O2.ClH/c1-9-12-7-10(16)4-5-13(12)20-14(9)15(19)18-8-11-3-2-6-17-11;/h4-5,7,11,17H,2-3,6,8H2,1H3,(H,18,19);1H. The van der Waals surface area contributed by atoms with Crippen molar-refractivity contribution >= 4 is 45.2 Å². The number of rotatable bonds is 3. The van der Waals surface area contributed by atoms with Crippen molar-refractivity contribution in [1.82, 2.24) is 10.6 Å². The summed E-state index contributed by atoms with van der Waals surface area (Å²) in [7, 11) is 0. The first-order valence-electron chi connectivity index (χ1n) is 6.85. The third-order valence-electron chi connectivity index (χ3n) is 3.78. The van der Waals surface area contributed by atoms with Crippen molar-refractivity contribution in [3.05, 3.63) is 34.0 Å². The topological polar surface area (TPSA) is 54.3 Å². The average Bonchev–Trinajstić information content (AvgIpc) is 3.05. The van der Waals surface area contributed by atoms with E-state index in [4.69, 9.17) is 4.42 Å². The summed E-state index contributed by atoms with van der Waals surface area (Å²) >= 11 is 3.44. The van der Waals surface area contributed by atoms with Gasteiger partial charge in [0.25, 0.3) is 5.91 Å². The number of furan rings is 1. The molecule has 0 aliphatic carbocycles. The molecule has 4 nitrogen and oxygen atoms in total.